The van der Waals surface area contributed by atoms with E-state index in [0.29, 0.717) is 13.1 Å². The summed E-state index contributed by atoms with van der Waals surface area (Å²) in [4.78, 5) is 19.2. The summed E-state index contributed by atoms with van der Waals surface area (Å²) in [5.41, 5.74) is 3.52. The smallest absolute Gasteiger partial charge is 0.238 e. The Kier molecular flexibility index (Phi) is 3.68. The van der Waals surface area contributed by atoms with Crippen LogP contribution < -0.4 is 4.90 Å². The maximum Gasteiger partial charge on any atom is 0.238 e. The van der Waals surface area contributed by atoms with Gasteiger partial charge in [-0.1, -0.05) is 18.2 Å². The molecule has 0 N–H and O–H groups in total. The molecule has 144 valence electrons. The second-order valence-electron chi connectivity index (χ2n) is 7.84. The van der Waals surface area contributed by atoms with Crippen LogP contribution in [0.25, 0.3) is 10.9 Å². The zero-order valence-electron chi connectivity index (χ0n) is 15.6. The van der Waals surface area contributed by atoms with E-state index in [1.807, 2.05) is 39.8 Å². The fourth-order valence-electron chi connectivity index (χ4n) is 4.34. The standard InChI is InChI=1S/C21H21N3O3S/c1-28(26,27)11-10-23-16(12-15-4-2-3-5-18(15)23)14-24-19-13-22-9-6-17(19)21(7-8-21)20(24)25/h2-6,9,12-13H,7-8,10-11,14H2,1H3. The predicted molar refractivity (Wildman–Crippen MR) is 108 cm³/mol. The number of sulfone groups is 1. The van der Waals surface area contributed by atoms with Gasteiger partial charge in [0.15, 0.2) is 0 Å². The molecule has 0 radical (unpaired) electrons. The second kappa shape index (κ2) is 5.91. The Morgan fingerprint density at radius 3 is 2.71 bits per heavy atom. The molecule has 1 saturated carbocycles. The number of aromatic nitrogens is 2. The minimum absolute atomic E-state index is 0.0642. The molecular weight excluding hydrogens is 374 g/mol. The molecule has 3 heterocycles. The lowest BCUT2D eigenvalue weighted by atomic mass is 9.99. The summed E-state index contributed by atoms with van der Waals surface area (Å²) in [7, 11) is -3.09. The summed E-state index contributed by atoms with van der Waals surface area (Å²) < 4.78 is 25.5. The van der Waals surface area contributed by atoms with E-state index >= 15 is 0 Å². The van der Waals surface area contributed by atoms with Crippen molar-refractivity contribution in [3.63, 3.8) is 0 Å². The van der Waals surface area contributed by atoms with Gasteiger partial charge in [0.2, 0.25) is 5.91 Å². The van der Waals surface area contributed by atoms with Crippen LogP contribution in [0.5, 0.6) is 0 Å². The van der Waals surface area contributed by atoms with Crippen molar-refractivity contribution in [1.82, 2.24) is 9.55 Å². The molecule has 28 heavy (non-hydrogen) atoms. The highest BCUT2D eigenvalue weighted by atomic mass is 32.2. The molecule has 0 unspecified atom stereocenters. The Labute approximate surface area is 163 Å². The molecule has 1 amide bonds. The number of anilines is 1. The highest BCUT2D eigenvalue weighted by molar-refractivity contribution is 7.90. The number of hydrogen-bond donors (Lipinski definition) is 0. The van der Waals surface area contributed by atoms with E-state index in [1.54, 1.807) is 12.4 Å². The molecule has 0 saturated heterocycles. The van der Waals surface area contributed by atoms with Crippen LogP contribution in [0, 0.1) is 0 Å². The predicted octanol–water partition coefficient (Wildman–Crippen LogP) is 2.66. The maximum absolute atomic E-state index is 13.2. The summed E-state index contributed by atoms with van der Waals surface area (Å²) in [5.74, 6) is 0.199. The van der Waals surface area contributed by atoms with Gasteiger partial charge in [-0.25, -0.2) is 8.42 Å². The van der Waals surface area contributed by atoms with Crippen LogP contribution in [0.3, 0.4) is 0 Å². The van der Waals surface area contributed by atoms with E-state index < -0.39 is 9.84 Å². The quantitative estimate of drug-likeness (QED) is 0.666. The molecular formula is C21H21N3O3S. The Morgan fingerprint density at radius 1 is 1.18 bits per heavy atom. The number of fused-ring (bicyclic) bond motifs is 3. The molecule has 3 aromatic rings. The van der Waals surface area contributed by atoms with Crippen molar-refractivity contribution in [1.29, 1.82) is 0 Å². The first kappa shape index (κ1) is 17.4. The minimum Gasteiger partial charge on any atom is -0.342 e. The van der Waals surface area contributed by atoms with Crippen molar-refractivity contribution >= 4 is 32.3 Å². The van der Waals surface area contributed by atoms with Gasteiger partial charge in [-0.2, -0.15) is 0 Å². The zero-order valence-corrected chi connectivity index (χ0v) is 16.4. The van der Waals surface area contributed by atoms with Crippen molar-refractivity contribution in [3.8, 4) is 0 Å². The van der Waals surface area contributed by atoms with E-state index in [4.69, 9.17) is 0 Å². The third-order valence-corrected chi connectivity index (χ3v) is 6.84. The summed E-state index contributed by atoms with van der Waals surface area (Å²) in [6.45, 7) is 0.784. The molecule has 5 rings (SSSR count). The molecule has 1 spiro atoms. The highest BCUT2D eigenvalue weighted by Gasteiger charge is 2.59. The van der Waals surface area contributed by atoms with Gasteiger partial charge in [0.05, 0.1) is 29.6 Å². The van der Waals surface area contributed by atoms with Gasteiger partial charge in [-0.3, -0.25) is 9.78 Å². The Morgan fingerprint density at radius 2 is 1.96 bits per heavy atom. The number of aryl methyl sites for hydroxylation is 1. The molecule has 7 heteroatoms. The molecule has 0 atom stereocenters. The number of carbonyl (C=O) groups excluding carboxylic acids is 1. The van der Waals surface area contributed by atoms with Crippen LogP contribution in [0.15, 0.2) is 48.8 Å². The average molecular weight is 395 g/mol. The van der Waals surface area contributed by atoms with Crippen LogP contribution in [-0.4, -0.2) is 35.9 Å². The lowest BCUT2D eigenvalue weighted by molar-refractivity contribution is -0.120. The molecule has 6 nitrogen and oxygen atoms in total. The zero-order chi connectivity index (χ0) is 19.5. The van der Waals surface area contributed by atoms with E-state index in [1.165, 1.54) is 6.26 Å². The van der Waals surface area contributed by atoms with Crippen LogP contribution in [-0.2, 0) is 33.1 Å². The van der Waals surface area contributed by atoms with Gasteiger partial charge in [0, 0.05) is 30.2 Å². The van der Waals surface area contributed by atoms with E-state index in [2.05, 4.69) is 11.1 Å². The fraction of sp³-hybridized carbons (Fsp3) is 0.333. The van der Waals surface area contributed by atoms with Gasteiger partial charge in [0.25, 0.3) is 0 Å². The third-order valence-electron chi connectivity index (χ3n) is 5.91. The van der Waals surface area contributed by atoms with Gasteiger partial charge >= 0.3 is 0 Å². The third kappa shape index (κ3) is 2.64. The highest BCUT2D eigenvalue weighted by Crippen LogP contribution is 2.57. The van der Waals surface area contributed by atoms with Gasteiger partial charge in [0.1, 0.15) is 9.84 Å². The van der Waals surface area contributed by atoms with Crippen LogP contribution >= 0.6 is 0 Å². The van der Waals surface area contributed by atoms with Crippen molar-refractivity contribution in [3.05, 3.63) is 60.0 Å². The first-order valence-electron chi connectivity index (χ1n) is 9.40. The number of carbonyl (C=O) groups is 1. The van der Waals surface area contributed by atoms with Gasteiger partial charge < -0.3 is 9.47 Å². The van der Waals surface area contributed by atoms with Crippen LogP contribution in [0.1, 0.15) is 24.1 Å². The first-order valence-corrected chi connectivity index (χ1v) is 11.5. The van der Waals surface area contributed by atoms with E-state index in [0.717, 1.165) is 40.7 Å². The number of nitrogens with zero attached hydrogens (tertiary/aromatic N) is 3. The number of para-hydroxylation sites is 1. The molecule has 1 aromatic carbocycles. The lowest BCUT2D eigenvalue weighted by Gasteiger charge is -2.19. The molecule has 1 aliphatic carbocycles. The molecule has 0 bridgehead atoms. The average Bonchev–Trinajstić information content (AvgIpc) is 3.35. The van der Waals surface area contributed by atoms with Gasteiger partial charge in [-0.05, 0) is 42.0 Å². The monoisotopic (exact) mass is 395 g/mol. The van der Waals surface area contributed by atoms with E-state index in [9.17, 15) is 13.2 Å². The summed E-state index contributed by atoms with van der Waals surface area (Å²) in [6.07, 6.45) is 6.54. The molecule has 2 aliphatic rings. The number of amides is 1. The van der Waals surface area contributed by atoms with Crippen molar-refractivity contribution in [2.75, 3.05) is 16.9 Å². The molecule has 1 aliphatic heterocycles. The summed E-state index contributed by atoms with van der Waals surface area (Å²) in [6, 6.07) is 11.9. The Bertz CT molecular complexity index is 1210. The second-order valence-corrected chi connectivity index (χ2v) is 10.1. The molecule has 1 fully saturated rings. The van der Waals surface area contributed by atoms with Crippen molar-refractivity contribution < 1.29 is 13.2 Å². The number of benzene rings is 1. The topological polar surface area (TPSA) is 72.3 Å². The van der Waals surface area contributed by atoms with Crippen molar-refractivity contribution in [2.45, 2.75) is 31.3 Å². The van der Waals surface area contributed by atoms with Crippen LogP contribution in [0.2, 0.25) is 0 Å². The fourth-order valence-corrected chi connectivity index (χ4v) is 4.85. The molecule has 2 aromatic heterocycles. The Balaban J connectivity index is 1.56. The van der Waals surface area contributed by atoms with Crippen LogP contribution in [0.4, 0.5) is 5.69 Å². The largest absolute Gasteiger partial charge is 0.342 e. The number of pyridine rings is 1. The minimum atomic E-state index is -3.09. The lowest BCUT2D eigenvalue weighted by Crippen LogP contribution is -2.32. The summed E-state index contributed by atoms with van der Waals surface area (Å²) >= 11 is 0. The maximum atomic E-state index is 13.2. The number of hydrogen-bond acceptors (Lipinski definition) is 4. The SMILES string of the molecule is CS(=O)(=O)CCn1c(CN2C(=O)C3(CC3)c3ccncc32)cc2ccccc21. The number of rotatable bonds is 5. The van der Waals surface area contributed by atoms with Gasteiger partial charge in [-0.15, -0.1) is 0 Å². The first-order chi connectivity index (χ1) is 13.4. The van der Waals surface area contributed by atoms with Crippen molar-refractivity contribution in [2.24, 2.45) is 0 Å². The normalized spacial score (nSPS) is 17.5. The van der Waals surface area contributed by atoms with E-state index in [-0.39, 0.29) is 17.1 Å². The Hall–Kier alpha value is -2.67. The summed E-state index contributed by atoms with van der Waals surface area (Å²) in [5, 5.41) is 1.05.